The van der Waals surface area contributed by atoms with Crippen LogP contribution in [0, 0.1) is 0 Å². The largest absolute Gasteiger partial charge is 0.394 e. The van der Waals surface area contributed by atoms with Crippen molar-refractivity contribution in [1.82, 2.24) is 0 Å². The molecule has 13 heteroatoms. The van der Waals surface area contributed by atoms with Crippen molar-refractivity contribution in [3.8, 4) is 0 Å². The number of aliphatic hydroxyl groups is 5. The van der Waals surface area contributed by atoms with Crippen LogP contribution >= 0.6 is 0 Å². The summed E-state index contributed by atoms with van der Waals surface area (Å²) in [4.78, 5) is 0. The molecule has 0 spiro atoms. The molecule has 0 aromatic heterocycles. The first-order valence-electron chi connectivity index (χ1n) is 10.6. The molecule has 13 N–H and O–H groups in total. The fraction of sp³-hybridized carbons (Fsp3) is 1.00. The van der Waals surface area contributed by atoms with Crippen LogP contribution in [0.2, 0.25) is 0 Å². The number of aliphatic hydroxyl groups excluding tert-OH is 5. The van der Waals surface area contributed by atoms with Crippen molar-refractivity contribution in [2.75, 3.05) is 13.2 Å². The van der Waals surface area contributed by atoms with Crippen LogP contribution in [0.25, 0.3) is 0 Å². The van der Waals surface area contributed by atoms with Gasteiger partial charge in [-0.2, -0.15) is 0 Å². The molecule has 0 radical (unpaired) electrons. The summed E-state index contributed by atoms with van der Waals surface area (Å²) in [5, 5.41) is 50.5. The zero-order chi connectivity index (χ0) is 22.9. The maximum atomic E-state index is 10.9. The Balaban J connectivity index is 1.65. The highest BCUT2D eigenvalue weighted by Gasteiger charge is 2.48. The summed E-state index contributed by atoms with van der Waals surface area (Å²) in [5.41, 5.74) is 23.6. The van der Waals surface area contributed by atoms with Gasteiger partial charge in [0, 0.05) is 12.6 Å². The van der Waals surface area contributed by atoms with E-state index in [-0.39, 0.29) is 13.0 Å². The predicted molar refractivity (Wildman–Crippen MR) is 105 cm³/mol. The Bertz CT molecular complexity index is 576. The van der Waals surface area contributed by atoms with Gasteiger partial charge < -0.3 is 67.4 Å². The van der Waals surface area contributed by atoms with Crippen molar-refractivity contribution in [2.24, 2.45) is 22.9 Å². The molecule has 0 aromatic carbocycles. The quantitative estimate of drug-likeness (QED) is 0.183. The van der Waals surface area contributed by atoms with Crippen molar-refractivity contribution in [3.05, 3.63) is 0 Å². The van der Waals surface area contributed by atoms with Crippen molar-refractivity contribution in [2.45, 2.75) is 98.8 Å². The third-order valence-corrected chi connectivity index (χ3v) is 6.30. The molecule has 3 aliphatic rings. The number of hydrogen-bond donors (Lipinski definition) is 9. The van der Waals surface area contributed by atoms with Crippen LogP contribution in [-0.2, 0) is 18.9 Å². The second kappa shape index (κ2) is 10.6. The van der Waals surface area contributed by atoms with Gasteiger partial charge in [0.05, 0.1) is 37.0 Å². The van der Waals surface area contributed by atoms with Gasteiger partial charge in [0.15, 0.2) is 12.6 Å². The van der Waals surface area contributed by atoms with E-state index in [0.717, 1.165) is 0 Å². The molecule has 2 aliphatic heterocycles. The van der Waals surface area contributed by atoms with Crippen molar-refractivity contribution in [3.63, 3.8) is 0 Å². The highest BCUT2D eigenvalue weighted by molar-refractivity contribution is 4.96. The first kappa shape index (κ1) is 25.1. The Labute approximate surface area is 180 Å². The van der Waals surface area contributed by atoms with Crippen molar-refractivity contribution >= 4 is 0 Å². The molecule has 0 amide bonds. The standard InChI is InChI=1S/C18H36N4O9/c19-4-10-8(24)3-7(21)17(29-10)28-9-2-1-6(20)16(14(9)26)31-18-15(27)12(22)13(25)11(5-23)30-18/h6-18,23-27H,1-5,19-22H2. The monoisotopic (exact) mass is 452 g/mol. The van der Waals surface area contributed by atoms with Crippen LogP contribution < -0.4 is 22.9 Å². The van der Waals surface area contributed by atoms with Crippen LogP contribution in [0.1, 0.15) is 19.3 Å². The Morgan fingerprint density at radius 3 is 2.13 bits per heavy atom. The van der Waals surface area contributed by atoms with E-state index in [0.29, 0.717) is 12.8 Å². The van der Waals surface area contributed by atoms with E-state index in [1.807, 2.05) is 0 Å². The number of ether oxygens (including phenoxy) is 4. The summed E-state index contributed by atoms with van der Waals surface area (Å²) in [6.45, 7) is -0.440. The fourth-order valence-electron chi connectivity index (χ4n) is 4.29. The lowest BCUT2D eigenvalue weighted by Gasteiger charge is -2.46. The highest BCUT2D eigenvalue weighted by Crippen LogP contribution is 2.31. The molecule has 2 heterocycles. The van der Waals surface area contributed by atoms with Gasteiger partial charge in [-0.05, 0) is 19.3 Å². The Kier molecular flexibility index (Phi) is 8.59. The second-order valence-corrected chi connectivity index (χ2v) is 8.54. The second-order valence-electron chi connectivity index (χ2n) is 8.54. The minimum atomic E-state index is -1.40. The predicted octanol–water partition coefficient (Wildman–Crippen LogP) is -5.23. The summed E-state index contributed by atoms with van der Waals surface area (Å²) in [5.74, 6) is 0. The molecule has 31 heavy (non-hydrogen) atoms. The topological polar surface area (TPSA) is 242 Å². The fourth-order valence-corrected chi connectivity index (χ4v) is 4.29. The van der Waals surface area contributed by atoms with Gasteiger partial charge >= 0.3 is 0 Å². The van der Waals surface area contributed by atoms with E-state index in [1.54, 1.807) is 0 Å². The van der Waals surface area contributed by atoms with Gasteiger partial charge in [0.25, 0.3) is 0 Å². The maximum absolute atomic E-state index is 10.9. The van der Waals surface area contributed by atoms with Gasteiger partial charge in [-0.15, -0.1) is 0 Å². The number of rotatable bonds is 6. The zero-order valence-corrected chi connectivity index (χ0v) is 17.2. The maximum Gasteiger partial charge on any atom is 0.186 e. The molecule has 13 atom stereocenters. The molecular formula is C18H36N4O9. The summed E-state index contributed by atoms with van der Waals surface area (Å²) < 4.78 is 22.7. The van der Waals surface area contributed by atoms with E-state index >= 15 is 0 Å². The molecule has 13 unspecified atom stereocenters. The molecule has 0 bridgehead atoms. The smallest absolute Gasteiger partial charge is 0.186 e. The van der Waals surface area contributed by atoms with Crippen LogP contribution in [-0.4, -0.2) is 118 Å². The molecule has 2 saturated heterocycles. The van der Waals surface area contributed by atoms with E-state index in [1.165, 1.54) is 0 Å². The lowest BCUT2D eigenvalue weighted by Crippen LogP contribution is -2.65. The average Bonchev–Trinajstić information content (AvgIpc) is 2.74. The minimum Gasteiger partial charge on any atom is -0.394 e. The van der Waals surface area contributed by atoms with Crippen LogP contribution in [0.5, 0.6) is 0 Å². The Morgan fingerprint density at radius 1 is 0.806 bits per heavy atom. The molecule has 3 fully saturated rings. The lowest BCUT2D eigenvalue weighted by atomic mass is 9.87. The van der Waals surface area contributed by atoms with Gasteiger partial charge in [0.2, 0.25) is 0 Å². The summed E-state index contributed by atoms with van der Waals surface area (Å²) in [6.07, 6.45) is -9.26. The molecule has 0 aromatic rings. The summed E-state index contributed by atoms with van der Waals surface area (Å²) in [7, 11) is 0. The molecule has 13 nitrogen and oxygen atoms in total. The molecule has 182 valence electrons. The van der Waals surface area contributed by atoms with E-state index < -0.39 is 86.1 Å². The minimum absolute atomic E-state index is 0.0899. The Hall–Kier alpha value is -0.520. The van der Waals surface area contributed by atoms with Crippen LogP contribution in [0.4, 0.5) is 0 Å². The number of nitrogens with two attached hydrogens (primary N) is 4. The van der Waals surface area contributed by atoms with Crippen molar-refractivity contribution < 1.29 is 44.5 Å². The van der Waals surface area contributed by atoms with Crippen LogP contribution in [0.15, 0.2) is 0 Å². The van der Waals surface area contributed by atoms with E-state index in [9.17, 15) is 25.5 Å². The molecule has 1 aliphatic carbocycles. The third-order valence-electron chi connectivity index (χ3n) is 6.30. The first-order valence-corrected chi connectivity index (χ1v) is 10.6. The van der Waals surface area contributed by atoms with Crippen LogP contribution in [0.3, 0.4) is 0 Å². The normalized spacial score (nSPS) is 51.6. The summed E-state index contributed by atoms with van der Waals surface area (Å²) in [6, 6.07) is -2.33. The lowest BCUT2D eigenvalue weighted by molar-refractivity contribution is -0.313. The SMILES string of the molecule is NCC1OC(OC2CCC(N)C(OC3OC(CO)C(O)C(N)C3O)C2O)C(N)CC1O. The van der Waals surface area contributed by atoms with Crippen molar-refractivity contribution in [1.29, 1.82) is 0 Å². The molecule has 3 rings (SSSR count). The third kappa shape index (κ3) is 5.35. The Morgan fingerprint density at radius 2 is 1.48 bits per heavy atom. The van der Waals surface area contributed by atoms with E-state index in [2.05, 4.69) is 0 Å². The molecular weight excluding hydrogens is 416 g/mol. The van der Waals surface area contributed by atoms with Gasteiger partial charge in [-0.1, -0.05) is 0 Å². The van der Waals surface area contributed by atoms with Gasteiger partial charge in [0.1, 0.15) is 30.5 Å². The first-order chi connectivity index (χ1) is 14.7. The van der Waals surface area contributed by atoms with Gasteiger partial charge in [-0.3, -0.25) is 0 Å². The average molecular weight is 453 g/mol. The van der Waals surface area contributed by atoms with E-state index in [4.69, 9.17) is 41.9 Å². The number of hydrogen-bond acceptors (Lipinski definition) is 13. The summed E-state index contributed by atoms with van der Waals surface area (Å²) >= 11 is 0. The molecule has 1 saturated carbocycles. The zero-order valence-electron chi connectivity index (χ0n) is 17.2. The highest BCUT2D eigenvalue weighted by atomic mass is 16.7. The van der Waals surface area contributed by atoms with Gasteiger partial charge in [-0.25, -0.2) is 0 Å².